The van der Waals surface area contributed by atoms with E-state index in [0.29, 0.717) is 5.92 Å². The number of benzene rings is 1. The molecule has 2 rings (SSSR count). The number of carbonyl (C=O) groups is 1. The minimum absolute atomic E-state index is 0.0641. The van der Waals surface area contributed by atoms with Crippen LogP contribution in [-0.4, -0.2) is 11.1 Å². The van der Waals surface area contributed by atoms with E-state index in [9.17, 15) is 4.79 Å². The van der Waals surface area contributed by atoms with Gasteiger partial charge in [0.2, 0.25) is 0 Å². The maximum absolute atomic E-state index is 10.7. The summed E-state index contributed by atoms with van der Waals surface area (Å²) in [5.41, 5.74) is 3.98. The van der Waals surface area contributed by atoms with E-state index in [0.717, 1.165) is 19.3 Å². The molecule has 0 aliphatic heterocycles. The van der Waals surface area contributed by atoms with E-state index in [4.69, 9.17) is 5.11 Å². The fourth-order valence-corrected chi connectivity index (χ4v) is 2.34. The van der Waals surface area contributed by atoms with E-state index in [1.807, 2.05) is 0 Å². The summed E-state index contributed by atoms with van der Waals surface area (Å²) in [5.74, 6) is -0.269. The van der Waals surface area contributed by atoms with Crippen LogP contribution < -0.4 is 0 Å². The molecule has 2 atom stereocenters. The molecular formula is C14H18O2. The third-order valence-electron chi connectivity index (χ3n) is 3.52. The largest absolute Gasteiger partial charge is 0.481 e. The van der Waals surface area contributed by atoms with Crippen LogP contribution in [0.2, 0.25) is 0 Å². The molecular weight excluding hydrogens is 200 g/mol. The molecule has 0 radical (unpaired) electrons. The predicted molar refractivity (Wildman–Crippen MR) is 63.5 cm³/mol. The van der Waals surface area contributed by atoms with Crippen molar-refractivity contribution in [2.24, 2.45) is 11.8 Å². The first-order valence-corrected chi connectivity index (χ1v) is 5.87. The van der Waals surface area contributed by atoms with Gasteiger partial charge in [-0.2, -0.15) is 0 Å². The number of carboxylic acids is 1. The highest BCUT2D eigenvalue weighted by molar-refractivity contribution is 5.73. The highest BCUT2D eigenvalue weighted by Crippen LogP contribution is 2.42. The minimum atomic E-state index is -0.620. The van der Waals surface area contributed by atoms with Gasteiger partial charge in [0.25, 0.3) is 0 Å². The minimum Gasteiger partial charge on any atom is -0.481 e. The lowest BCUT2D eigenvalue weighted by molar-refractivity contribution is -0.138. The topological polar surface area (TPSA) is 37.3 Å². The lowest BCUT2D eigenvalue weighted by Gasteiger charge is -2.06. The van der Waals surface area contributed by atoms with Crippen molar-refractivity contribution in [2.45, 2.75) is 33.1 Å². The Morgan fingerprint density at radius 1 is 1.44 bits per heavy atom. The zero-order chi connectivity index (χ0) is 11.7. The van der Waals surface area contributed by atoms with Crippen molar-refractivity contribution in [3.63, 3.8) is 0 Å². The van der Waals surface area contributed by atoms with Crippen LogP contribution in [0.4, 0.5) is 0 Å². The Bertz CT molecular complexity index is 409. The molecule has 0 spiro atoms. The first kappa shape index (κ1) is 11.2. The summed E-state index contributed by atoms with van der Waals surface area (Å²) in [5, 5.41) is 8.81. The number of carboxylic acid groups (broad SMARTS) is 1. The second-order valence-corrected chi connectivity index (χ2v) is 4.91. The second-order valence-electron chi connectivity index (χ2n) is 4.91. The zero-order valence-electron chi connectivity index (χ0n) is 9.86. The lowest BCUT2D eigenvalue weighted by atomic mass is 10.00. The fourth-order valence-electron chi connectivity index (χ4n) is 2.34. The summed E-state index contributed by atoms with van der Waals surface area (Å²) < 4.78 is 0. The zero-order valence-corrected chi connectivity index (χ0v) is 9.86. The molecule has 2 heteroatoms. The van der Waals surface area contributed by atoms with E-state index in [-0.39, 0.29) is 5.92 Å². The summed E-state index contributed by atoms with van der Waals surface area (Å²) in [7, 11) is 0. The summed E-state index contributed by atoms with van der Waals surface area (Å²) in [4.78, 5) is 10.7. The van der Waals surface area contributed by atoms with Crippen LogP contribution in [0.15, 0.2) is 18.2 Å². The summed E-state index contributed by atoms with van der Waals surface area (Å²) in [6.07, 6.45) is 2.90. The van der Waals surface area contributed by atoms with Gasteiger partial charge >= 0.3 is 5.97 Å². The second kappa shape index (κ2) is 4.28. The Balaban J connectivity index is 1.89. The van der Waals surface area contributed by atoms with Crippen molar-refractivity contribution in [1.29, 1.82) is 0 Å². The third-order valence-corrected chi connectivity index (χ3v) is 3.52. The summed E-state index contributed by atoms with van der Waals surface area (Å²) in [6, 6.07) is 6.49. The third kappa shape index (κ3) is 2.43. The molecule has 0 aromatic heterocycles. The van der Waals surface area contributed by atoms with Crippen LogP contribution in [0.1, 0.15) is 29.5 Å². The molecule has 0 bridgehead atoms. The smallest absolute Gasteiger partial charge is 0.306 e. The first-order chi connectivity index (χ1) is 7.58. The van der Waals surface area contributed by atoms with Gasteiger partial charge in [-0.25, -0.2) is 0 Å². The number of aryl methyl sites for hydroxylation is 3. The molecule has 86 valence electrons. The van der Waals surface area contributed by atoms with Crippen LogP contribution in [0, 0.1) is 25.7 Å². The maximum Gasteiger partial charge on any atom is 0.306 e. The van der Waals surface area contributed by atoms with Crippen LogP contribution in [0.25, 0.3) is 0 Å². The van der Waals surface area contributed by atoms with Crippen LogP contribution >= 0.6 is 0 Å². The van der Waals surface area contributed by atoms with Gasteiger partial charge in [-0.1, -0.05) is 23.8 Å². The normalized spacial score (nSPS) is 23.1. The van der Waals surface area contributed by atoms with Gasteiger partial charge in [0.05, 0.1) is 5.92 Å². The molecule has 1 aliphatic rings. The average Bonchev–Trinajstić information content (AvgIpc) is 2.96. The van der Waals surface area contributed by atoms with E-state index in [1.54, 1.807) is 0 Å². The molecule has 0 heterocycles. The monoisotopic (exact) mass is 218 g/mol. The maximum atomic E-state index is 10.7. The Morgan fingerprint density at radius 3 is 2.75 bits per heavy atom. The average molecular weight is 218 g/mol. The highest BCUT2D eigenvalue weighted by atomic mass is 16.4. The predicted octanol–water partition coefficient (Wildman–Crippen LogP) is 2.96. The van der Waals surface area contributed by atoms with E-state index < -0.39 is 5.97 Å². The van der Waals surface area contributed by atoms with Crippen LogP contribution in [0.5, 0.6) is 0 Å². The molecule has 2 nitrogen and oxygen atoms in total. The van der Waals surface area contributed by atoms with Gasteiger partial charge in [0.1, 0.15) is 0 Å². The molecule has 0 saturated heterocycles. The van der Waals surface area contributed by atoms with Gasteiger partial charge < -0.3 is 5.11 Å². The first-order valence-electron chi connectivity index (χ1n) is 5.87. The SMILES string of the molecule is Cc1ccc(CCC2CC2C(=O)O)c(C)c1. The number of hydrogen-bond acceptors (Lipinski definition) is 1. The molecule has 1 aromatic carbocycles. The van der Waals surface area contributed by atoms with Crippen molar-refractivity contribution in [3.05, 3.63) is 34.9 Å². The van der Waals surface area contributed by atoms with Crippen molar-refractivity contribution in [3.8, 4) is 0 Å². The number of aliphatic carboxylic acids is 1. The molecule has 1 N–H and O–H groups in total. The number of rotatable bonds is 4. The van der Waals surface area contributed by atoms with Gasteiger partial charge in [-0.15, -0.1) is 0 Å². The summed E-state index contributed by atoms with van der Waals surface area (Å²) in [6.45, 7) is 4.22. The molecule has 2 unspecified atom stereocenters. The molecule has 0 amide bonds. The fraction of sp³-hybridized carbons (Fsp3) is 0.500. The van der Waals surface area contributed by atoms with Gasteiger partial charge in [-0.3, -0.25) is 4.79 Å². The van der Waals surface area contributed by atoms with Crippen molar-refractivity contribution in [2.75, 3.05) is 0 Å². The Labute approximate surface area is 96.3 Å². The molecule has 1 fully saturated rings. The van der Waals surface area contributed by atoms with Gasteiger partial charge in [-0.05, 0) is 50.2 Å². The van der Waals surface area contributed by atoms with E-state index in [2.05, 4.69) is 32.0 Å². The van der Waals surface area contributed by atoms with E-state index in [1.165, 1.54) is 16.7 Å². The van der Waals surface area contributed by atoms with Crippen molar-refractivity contribution >= 4 is 5.97 Å². The standard InChI is InChI=1S/C14H18O2/c1-9-3-4-11(10(2)7-9)5-6-12-8-13(12)14(15)16/h3-4,7,12-13H,5-6,8H2,1-2H3,(H,15,16). The molecule has 1 saturated carbocycles. The molecule has 1 aliphatic carbocycles. The van der Waals surface area contributed by atoms with Crippen molar-refractivity contribution in [1.82, 2.24) is 0 Å². The Kier molecular flexibility index (Phi) is 2.99. The highest BCUT2D eigenvalue weighted by Gasteiger charge is 2.42. The van der Waals surface area contributed by atoms with Crippen LogP contribution in [-0.2, 0) is 11.2 Å². The lowest BCUT2D eigenvalue weighted by Crippen LogP contribution is -2.00. The molecule has 1 aromatic rings. The quantitative estimate of drug-likeness (QED) is 0.843. The van der Waals surface area contributed by atoms with E-state index >= 15 is 0 Å². The van der Waals surface area contributed by atoms with Gasteiger partial charge in [0.15, 0.2) is 0 Å². The van der Waals surface area contributed by atoms with Gasteiger partial charge in [0, 0.05) is 0 Å². The molecule has 16 heavy (non-hydrogen) atoms. The summed E-state index contributed by atoms with van der Waals surface area (Å²) >= 11 is 0. The Hall–Kier alpha value is -1.31. The van der Waals surface area contributed by atoms with Crippen LogP contribution in [0.3, 0.4) is 0 Å². The Morgan fingerprint density at radius 2 is 2.19 bits per heavy atom. The number of hydrogen-bond donors (Lipinski definition) is 1. The van der Waals surface area contributed by atoms with Crippen molar-refractivity contribution < 1.29 is 9.90 Å².